The predicted octanol–water partition coefficient (Wildman–Crippen LogP) is 4.58. The van der Waals surface area contributed by atoms with E-state index in [-0.39, 0.29) is 6.10 Å². The smallest absolute Gasteiger partial charge is 0.169 e. The Balaban J connectivity index is 1.90. The van der Waals surface area contributed by atoms with E-state index in [9.17, 15) is 0 Å². The SMILES string of the molecule is C=CCNCC1COc2cccc(-c3ccc(Cl)cc3Cl)c2O1. The second-order valence-corrected chi connectivity index (χ2v) is 6.10. The number of ether oxygens (including phenoxy) is 2. The Bertz CT molecular complexity index is 718. The molecule has 0 saturated heterocycles. The van der Waals surface area contributed by atoms with Crippen LogP contribution >= 0.6 is 23.2 Å². The Kier molecular flexibility index (Phi) is 5.11. The summed E-state index contributed by atoms with van der Waals surface area (Å²) in [6.07, 6.45) is 1.76. The van der Waals surface area contributed by atoms with Crippen molar-refractivity contribution in [2.45, 2.75) is 6.10 Å². The van der Waals surface area contributed by atoms with E-state index in [1.165, 1.54) is 0 Å². The Morgan fingerprint density at radius 1 is 1.22 bits per heavy atom. The van der Waals surface area contributed by atoms with Gasteiger partial charge in [0.05, 0.1) is 5.02 Å². The average Bonchev–Trinajstić information content (AvgIpc) is 2.55. The highest BCUT2D eigenvalue weighted by Gasteiger charge is 2.24. The lowest BCUT2D eigenvalue weighted by molar-refractivity contribution is 0.0919. The summed E-state index contributed by atoms with van der Waals surface area (Å²) in [7, 11) is 0. The Hall–Kier alpha value is -1.68. The van der Waals surface area contributed by atoms with Gasteiger partial charge < -0.3 is 14.8 Å². The van der Waals surface area contributed by atoms with Gasteiger partial charge in [0.25, 0.3) is 0 Å². The van der Waals surface area contributed by atoms with Crippen LogP contribution in [0.15, 0.2) is 49.1 Å². The van der Waals surface area contributed by atoms with E-state index in [1.54, 1.807) is 6.07 Å². The van der Waals surface area contributed by atoms with Crippen LogP contribution in [0.5, 0.6) is 11.5 Å². The van der Waals surface area contributed by atoms with Crippen LogP contribution in [0.25, 0.3) is 11.1 Å². The van der Waals surface area contributed by atoms with E-state index in [4.69, 9.17) is 32.7 Å². The number of para-hydroxylation sites is 1. The van der Waals surface area contributed by atoms with Gasteiger partial charge in [-0.05, 0) is 18.2 Å². The van der Waals surface area contributed by atoms with Crippen LogP contribution in [0, 0.1) is 0 Å². The van der Waals surface area contributed by atoms with Crippen LogP contribution < -0.4 is 14.8 Å². The van der Waals surface area contributed by atoms with Gasteiger partial charge >= 0.3 is 0 Å². The van der Waals surface area contributed by atoms with Crippen molar-refractivity contribution < 1.29 is 9.47 Å². The second kappa shape index (κ2) is 7.26. The molecule has 0 aliphatic carbocycles. The number of benzene rings is 2. The Morgan fingerprint density at radius 2 is 2.09 bits per heavy atom. The van der Waals surface area contributed by atoms with Gasteiger partial charge in [-0.15, -0.1) is 6.58 Å². The molecule has 3 nitrogen and oxygen atoms in total. The van der Waals surface area contributed by atoms with Gasteiger partial charge in [0.15, 0.2) is 11.5 Å². The zero-order valence-corrected chi connectivity index (χ0v) is 14.0. The monoisotopic (exact) mass is 349 g/mol. The first-order valence-corrected chi connectivity index (χ1v) is 8.14. The molecular weight excluding hydrogens is 333 g/mol. The molecule has 0 spiro atoms. The molecule has 1 unspecified atom stereocenters. The summed E-state index contributed by atoms with van der Waals surface area (Å²) >= 11 is 12.3. The molecule has 5 heteroatoms. The molecule has 2 aromatic carbocycles. The molecule has 2 aromatic rings. The Morgan fingerprint density at radius 3 is 2.87 bits per heavy atom. The molecular formula is C18H17Cl2NO2. The molecule has 0 amide bonds. The standard InChI is InChI=1S/C18H17Cl2NO2/c1-2-8-21-10-13-11-22-17-5-3-4-15(18(17)23-13)14-7-6-12(19)9-16(14)20/h2-7,9,13,21H,1,8,10-11H2. The normalized spacial score (nSPS) is 16.2. The summed E-state index contributed by atoms with van der Waals surface area (Å²) in [4.78, 5) is 0. The Labute approximate surface area is 145 Å². The highest BCUT2D eigenvalue weighted by molar-refractivity contribution is 6.36. The van der Waals surface area contributed by atoms with Crippen LogP contribution in [0.2, 0.25) is 10.0 Å². The van der Waals surface area contributed by atoms with Crippen molar-refractivity contribution in [2.24, 2.45) is 0 Å². The maximum absolute atomic E-state index is 6.34. The molecule has 0 bridgehead atoms. The molecule has 1 heterocycles. The van der Waals surface area contributed by atoms with Gasteiger partial charge in [-0.1, -0.05) is 47.5 Å². The van der Waals surface area contributed by atoms with Gasteiger partial charge in [0.2, 0.25) is 0 Å². The highest BCUT2D eigenvalue weighted by Crippen LogP contribution is 2.43. The molecule has 23 heavy (non-hydrogen) atoms. The number of hydrogen-bond donors (Lipinski definition) is 1. The molecule has 120 valence electrons. The number of hydrogen-bond acceptors (Lipinski definition) is 3. The van der Waals surface area contributed by atoms with Gasteiger partial charge in [-0.25, -0.2) is 0 Å². The van der Waals surface area contributed by atoms with Crippen molar-refractivity contribution in [3.63, 3.8) is 0 Å². The largest absolute Gasteiger partial charge is 0.486 e. The maximum Gasteiger partial charge on any atom is 0.169 e. The zero-order chi connectivity index (χ0) is 16.2. The van der Waals surface area contributed by atoms with Crippen molar-refractivity contribution in [3.8, 4) is 22.6 Å². The molecule has 0 radical (unpaired) electrons. The van der Waals surface area contributed by atoms with Crippen LogP contribution in [-0.4, -0.2) is 25.8 Å². The topological polar surface area (TPSA) is 30.5 Å². The third-order valence-electron chi connectivity index (χ3n) is 3.57. The average molecular weight is 350 g/mol. The lowest BCUT2D eigenvalue weighted by Crippen LogP contribution is -2.38. The third-order valence-corrected chi connectivity index (χ3v) is 4.12. The molecule has 1 aliphatic heterocycles. The zero-order valence-electron chi connectivity index (χ0n) is 12.5. The predicted molar refractivity (Wildman–Crippen MR) is 94.9 cm³/mol. The van der Waals surface area contributed by atoms with Crippen LogP contribution in [0.1, 0.15) is 0 Å². The maximum atomic E-state index is 6.34. The third kappa shape index (κ3) is 3.63. The van der Waals surface area contributed by atoms with E-state index >= 15 is 0 Å². The molecule has 3 rings (SSSR count). The fourth-order valence-electron chi connectivity index (χ4n) is 2.50. The number of nitrogens with one attached hydrogen (secondary N) is 1. The first-order valence-electron chi connectivity index (χ1n) is 7.38. The molecule has 0 aromatic heterocycles. The quantitative estimate of drug-likeness (QED) is 0.633. The first-order chi connectivity index (χ1) is 11.2. The molecule has 1 atom stereocenters. The minimum Gasteiger partial charge on any atom is -0.486 e. The van der Waals surface area contributed by atoms with Crippen molar-refractivity contribution in [3.05, 3.63) is 59.1 Å². The van der Waals surface area contributed by atoms with Crippen molar-refractivity contribution in [1.29, 1.82) is 0 Å². The molecule has 1 aliphatic rings. The van der Waals surface area contributed by atoms with Gasteiger partial charge in [-0.3, -0.25) is 0 Å². The van der Waals surface area contributed by atoms with E-state index < -0.39 is 0 Å². The van der Waals surface area contributed by atoms with Crippen molar-refractivity contribution >= 4 is 23.2 Å². The van der Waals surface area contributed by atoms with Gasteiger partial charge in [0, 0.05) is 29.2 Å². The van der Waals surface area contributed by atoms with E-state index in [0.29, 0.717) is 28.9 Å². The summed E-state index contributed by atoms with van der Waals surface area (Å²) in [6, 6.07) is 11.2. The van der Waals surface area contributed by atoms with Crippen molar-refractivity contribution in [2.75, 3.05) is 19.7 Å². The fraction of sp³-hybridized carbons (Fsp3) is 0.222. The van der Waals surface area contributed by atoms with E-state index in [0.717, 1.165) is 23.4 Å². The van der Waals surface area contributed by atoms with Gasteiger partial charge in [0.1, 0.15) is 12.7 Å². The van der Waals surface area contributed by atoms with Crippen molar-refractivity contribution in [1.82, 2.24) is 5.32 Å². The lowest BCUT2D eigenvalue weighted by Gasteiger charge is -2.28. The minimum atomic E-state index is -0.0605. The lowest BCUT2D eigenvalue weighted by atomic mass is 10.0. The van der Waals surface area contributed by atoms with Crippen LogP contribution in [-0.2, 0) is 0 Å². The summed E-state index contributed by atoms with van der Waals surface area (Å²) in [6.45, 7) is 5.62. The van der Waals surface area contributed by atoms with Crippen LogP contribution in [0.3, 0.4) is 0 Å². The van der Waals surface area contributed by atoms with Gasteiger partial charge in [-0.2, -0.15) is 0 Å². The fourth-order valence-corrected chi connectivity index (χ4v) is 3.01. The van der Waals surface area contributed by atoms with E-state index in [1.807, 2.05) is 36.4 Å². The number of rotatable bonds is 5. The summed E-state index contributed by atoms with van der Waals surface area (Å²) in [5.74, 6) is 1.45. The molecule has 0 saturated carbocycles. The second-order valence-electron chi connectivity index (χ2n) is 5.25. The summed E-state index contributed by atoms with van der Waals surface area (Å²) < 4.78 is 12.0. The summed E-state index contributed by atoms with van der Waals surface area (Å²) in [5, 5.41) is 4.44. The van der Waals surface area contributed by atoms with E-state index in [2.05, 4.69) is 11.9 Å². The molecule has 1 N–H and O–H groups in total. The highest BCUT2D eigenvalue weighted by atomic mass is 35.5. The minimum absolute atomic E-state index is 0.0605. The number of fused-ring (bicyclic) bond motifs is 1. The number of halogens is 2. The molecule has 0 fully saturated rings. The first kappa shape index (κ1) is 16.2. The van der Waals surface area contributed by atoms with Crippen LogP contribution in [0.4, 0.5) is 0 Å². The summed E-state index contributed by atoms with van der Waals surface area (Å²) in [5.41, 5.74) is 1.77.